The van der Waals surface area contributed by atoms with Crippen molar-refractivity contribution in [1.29, 1.82) is 0 Å². The van der Waals surface area contributed by atoms with Crippen LogP contribution in [0, 0.1) is 0 Å². The van der Waals surface area contributed by atoms with Crippen molar-refractivity contribution in [3.8, 4) is 11.5 Å². The van der Waals surface area contributed by atoms with Gasteiger partial charge >= 0.3 is 0 Å². The van der Waals surface area contributed by atoms with Crippen molar-refractivity contribution in [3.05, 3.63) is 53.1 Å². The predicted molar refractivity (Wildman–Crippen MR) is 95.4 cm³/mol. The molecule has 1 amide bonds. The van der Waals surface area contributed by atoms with Gasteiger partial charge in [0, 0.05) is 49.0 Å². The lowest BCUT2D eigenvalue weighted by atomic mass is 10.1. The van der Waals surface area contributed by atoms with E-state index in [1.165, 1.54) is 0 Å². The fourth-order valence-corrected chi connectivity index (χ4v) is 2.66. The molecule has 2 aromatic carbocycles. The zero-order chi connectivity index (χ0) is 18.0. The van der Waals surface area contributed by atoms with Crippen LogP contribution in [0.15, 0.2) is 42.5 Å². The Morgan fingerprint density at radius 3 is 2.40 bits per heavy atom. The van der Waals surface area contributed by atoms with E-state index in [0.29, 0.717) is 27.8 Å². The topological polar surface area (TPSA) is 64.6 Å². The number of nitrogens with one attached hydrogen (secondary N) is 1. The van der Waals surface area contributed by atoms with Crippen LogP contribution >= 0.6 is 11.6 Å². The number of carbonyl (C=O) groups excluding carboxylic acids is 2. The Morgan fingerprint density at radius 2 is 1.68 bits per heavy atom. The van der Waals surface area contributed by atoms with E-state index < -0.39 is 5.79 Å². The van der Waals surface area contributed by atoms with Crippen LogP contribution in [-0.4, -0.2) is 17.5 Å². The summed E-state index contributed by atoms with van der Waals surface area (Å²) in [4.78, 5) is 24.2. The highest BCUT2D eigenvalue weighted by Gasteiger charge is 2.31. The van der Waals surface area contributed by atoms with Crippen LogP contribution in [0.5, 0.6) is 11.5 Å². The Morgan fingerprint density at radius 1 is 1.00 bits per heavy atom. The molecule has 6 heteroatoms. The van der Waals surface area contributed by atoms with Crippen molar-refractivity contribution in [1.82, 2.24) is 0 Å². The first-order valence-corrected chi connectivity index (χ1v) is 8.31. The Hall–Kier alpha value is -2.53. The minimum Gasteiger partial charge on any atom is -0.449 e. The van der Waals surface area contributed by atoms with E-state index in [0.717, 1.165) is 0 Å². The van der Waals surface area contributed by atoms with E-state index in [-0.39, 0.29) is 24.5 Å². The SMILES string of the molecule is CC1(C)Oc2ccc(NC(=O)CCC(=O)c3ccc(Cl)cc3)cc2O1. The van der Waals surface area contributed by atoms with Crippen molar-refractivity contribution in [3.63, 3.8) is 0 Å². The number of rotatable bonds is 5. The van der Waals surface area contributed by atoms with E-state index in [1.807, 2.05) is 13.8 Å². The van der Waals surface area contributed by atoms with Crippen LogP contribution in [0.3, 0.4) is 0 Å². The molecule has 1 heterocycles. The summed E-state index contributed by atoms with van der Waals surface area (Å²) in [6.45, 7) is 3.63. The highest BCUT2D eigenvalue weighted by atomic mass is 35.5. The smallest absolute Gasteiger partial charge is 0.246 e. The van der Waals surface area contributed by atoms with Gasteiger partial charge in [0.1, 0.15) is 0 Å². The third-order valence-electron chi connectivity index (χ3n) is 3.68. The van der Waals surface area contributed by atoms with E-state index in [2.05, 4.69) is 5.32 Å². The molecule has 0 fully saturated rings. The Kier molecular flexibility index (Phi) is 4.68. The molecule has 1 aliphatic rings. The highest BCUT2D eigenvalue weighted by Crippen LogP contribution is 2.40. The molecular weight excluding hydrogens is 342 g/mol. The number of ketones is 1. The summed E-state index contributed by atoms with van der Waals surface area (Å²) in [5.41, 5.74) is 1.14. The van der Waals surface area contributed by atoms with Crippen molar-refractivity contribution in [2.24, 2.45) is 0 Å². The van der Waals surface area contributed by atoms with Gasteiger partial charge in [0.2, 0.25) is 11.7 Å². The van der Waals surface area contributed by atoms with Gasteiger partial charge in [-0.3, -0.25) is 9.59 Å². The number of Topliss-reactive ketones (excluding diaryl/α,β-unsaturated/α-hetero) is 1. The van der Waals surface area contributed by atoms with Crippen LogP contribution in [0.25, 0.3) is 0 Å². The summed E-state index contributed by atoms with van der Waals surface area (Å²) in [6, 6.07) is 11.8. The molecule has 0 unspecified atom stereocenters. The second-order valence-corrected chi connectivity index (χ2v) is 6.68. The number of anilines is 1. The van der Waals surface area contributed by atoms with Gasteiger partial charge in [-0.25, -0.2) is 0 Å². The third-order valence-corrected chi connectivity index (χ3v) is 3.94. The number of amides is 1. The first-order valence-electron chi connectivity index (χ1n) is 7.93. The number of carbonyl (C=O) groups is 2. The number of halogens is 1. The summed E-state index contributed by atoms with van der Waals surface area (Å²) < 4.78 is 11.2. The molecule has 25 heavy (non-hydrogen) atoms. The van der Waals surface area contributed by atoms with Gasteiger partial charge in [0.15, 0.2) is 17.3 Å². The highest BCUT2D eigenvalue weighted by molar-refractivity contribution is 6.30. The molecule has 0 saturated carbocycles. The monoisotopic (exact) mass is 359 g/mol. The summed E-state index contributed by atoms with van der Waals surface area (Å²) in [6.07, 6.45) is 0.229. The Balaban J connectivity index is 1.55. The fraction of sp³-hybridized carbons (Fsp3) is 0.263. The van der Waals surface area contributed by atoms with E-state index in [9.17, 15) is 9.59 Å². The minimum absolute atomic E-state index is 0.0979. The maximum Gasteiger partial charge on any atom is 0.246 e. The number of hydrogen-bond acceptors (Lipinski definition) is 4. The van der Waals surface area contributed by atoms with Crippen LogP contribution in [0.4, 0.5) is 5.69 Å². The fourth-order valence-electron chi connectivity index (χ4n) is 2.53. The molecule has 0 aromatic heterocycles. The zero-order valence-electron chi connectivity index (χ0n) is 14.0. The lowest BCUT2D eigenvalue weighted by Gasteiger charge is -2.16. The van der Waals surface area contributed by atoms with Crippen molar-refractivity contribution in [2.45, 2.75) is 32.5 Å². The minimum atomic E-state index is -0.712. The molecule has 0 atom stereocenters. The molecule has 5 nitrogen and oxygen atoms in total. The lowest BCUT2D eigenvalue weighted by Crippen LogP contribution is -2.29. The molecule has 130 valence electrons. The van der Waals surface area contributed by atoms with Gasteiger partial charge in [-0.1, -0.05) is 11.6 Å². The molecular formula is C19H18ClNO4. The van der Waals surface area contributed by atoms with Gasteiger partial charge in [-0.15, -0.1) is 0 Å². The largest absolute Gasteiger partial charge is 0.449 e. The average Bonchev–Trinajstić information content (AvgIpc) is 2.86. The van der Waals surface area contributed by atoms with Crippen molar-refractivity contribution in [2.75, 3.05) is 5.32 Å². The summed E-state index contributed by atoms with van der Waals surface area (Å²) in [7, 11) is 0. The zero-order valence-corrected chi connectivity index (χ0v) is 14.7. The summed E-state index contributed by atoms with van der Waals surface area (Å²) >= 11 is 5.80. The maximum atomic E-state index is 12.1. The quantitative estimate of drug-likeness (QED) is 0.801. The Labute approximate surface area is 150 Å². The van der Waals surface area contributed by atoms with Gasteiger partial charge in [0.05, 0.1) is 0 Å². The summed E-state index contributed by atoms with van der Waals surface area (Å²) in [5.74, 6) is 0.177. The Bertz CT molecular complexity index is 815. The van der Waals surface area contributed by atoms with Crippen LogP contribution in [0.2, 0.25) is 5.02 Å². The van der Waals surface area contributed by atoms with Crippen LogP contribution in [0.1, 0.15) is 37.0 Å². The number of hydrogen-bond donors (Lipinski definition) is 1. The molecule has 1 N–H and O–H groups in total. The second kappa shape index (κ2) is 6.76. The van der Waals surface area contributed by atoms with Gasteiger partial charge < -0.3 is 14.8 Å². The van der Waals surface area contributed by atoms with E-state index >= 15 is 0 Å². The number of ether oxygens (including phenoxy) is 2. The molecule has 0 saturated heterocycles. The van der Waals surface area contributed by atoms with Gasteiger partial charge in [0.25, 0.3) is 0 Å². The molecule has 2 aromatic rings. The molecule has 0 aliphatic carbocycles. The van der Waals surface area contributed by atoms with E-state index in [1.54, 1.807) is 42.5 Å². The van der Waals surface area contributed by atoms with Crippen molar-refractivity contribution < 1.29 is 19.1 Å². The maximum absolute atomic E-state index is 12.1. The lowest BCUT2D eigenvalue weighted by molar-refractivity contribution is -0.116. The molecule has 0 radical (unpaired) electrons. The number of fused-ring (bicyclic) bond motifs is 1. The van der Waals surface area contributed by atoms with Gasteiger partial charge in [-0.2, -0.15) is 0 Å². The summed E-state index contributed by atoms with van der Waals surface area (Å²) in [5, 5.41) is 3.34. The van der Waals surface area contributed by atoms with E-state index in [4.69, 9.17) is 21.1 Å². The predicted octanol–water partition coefficient (Wildman–Crippen LogP) is 4.45. The molecule has 0 bridgehead atoms. The third kappa shape index (κ3) is 4.31. The van der Waals surface area contributed by atoms with Crippen molar-refractivity contribution >= 4 is 29.0 Å². The number of benzene rings is 2. The molecule has 0 spiro atoms. The van der Waals surface area contributed by atoms with Crippen LogP contribution < -0.4 is 14.8 Å². The average molecular weight is 360 g/mol. The first-order chi connectivity index (χ1) is 11.8. The second-order valence-electron chi connectivity index (χ2n) is 6.24. The normalized spacial score (nSPS) is 14.2. The first kappa shape index (κ1) is 17.3. The van der Waals surface area contributed by atoms with Crippen LogP contribution in [-0.2, 0) is 4.79 Å². The molecule has 1 aliphatic heterocycles. The molecule has 3 rings (SSSR count). The standard InChI is InChI=1S/C19H18ClNO4/c1-19(2)24-16-9-7-14(11-17(16)25-19)21-18(23)10-8-15(22)12-3-5-13(20)6-4-12/h3-7,9,11H,8,10H2,1-2H3,(H,21,23). The van der Waals surface area contributed by atoms with Gasteiger partial charge in [-0.05, 0) is 36.4 Å².